The molecule has 1 aromatic rings. The molecular weight excluding hydrogens is 151 g/mol. The van der Waals surface area contributed by atoms with E-state index in [-0.39, 0.29) is 5.82 Å². The van der Waals surface area contributed by atoms with Gasteiger partial charge in [0.2, 0.25) is 0 Å². The first kappa shape index (κ1) is 7.53. The van der Waals surface area contributed by atoms with Crippen molar-refractivity contribution in [2.75, 3.05) is 0 Å². The molecule has 1 aromatic carbocycles. The van der Waals surface area contributed by atoms with E-state index in [1.165, 1.54) is 6.07 Å². The zero-order valence-corrected chi connectivity index (χ0v) is 7.15. The molecule has 0 bridgehead atoms. The van der Waals surface area contributed by atoms with Crippen molar-refractivity contribution >= 4 is 5.57 Å². The lowest BCUT2D eigenvalue weighted by Gasteiger charge is -2.04. The van der Waals surface area contributed by atoms with Crippen molar-refractivity contribution in [3.63, 3.8) is 0 Å². The predicted octanol–water partition coefficient (Wildman–Crippen LogP) is 3.09. The van der Waals surface area contributed by atoms with E-state index in [2.05, 4.69) is 6.58 Å². The fourth-order valence-electron chi connectivity index (χ4n) is 1.79. The SMILES string of the molecule is C=C1CCc2c1ccc(F)c2C. The molecular formula is C11H11F. The second kappa shape index (κ2) is 2.44. The third-order valence-electron chi connectivity index (χ3n) is 2.59. The molecule has 0 spiro atoms. The molecule has 2 rings (SSSR count). The van der Waals surface area contributed by atoms with Crippen molar-refractivity contribution < 1.29 is 4.39 Å². The Bertz CT molecular complexity index is 350. The fourth-order valence-corrected chi connectivity index (χ4v) is 1.79. The zero-order valence-electron chi connectivity index (χ0n) is 7.15. The summed E-state index contributed by atoms with van der Waals surface area (Å²) in [5.41, 5.74) is 4.26. The van der Waals surface area contributed by atoms with Crippen molar-refractivity contribution in [1.82, 2.24) is 0 Å². The Hall–Kier alpha value is -1.11. The number of hydrogen-bond acceptors (Lipinski definition) is 0. The van der Waals surface area contributed by atoms with Crippen LogP contribution in [0.5, 0.6) is 0 Å². The quantitative estimate of drug-likeness (QED) is 0.550. The second-order valence-corrected chi connectivity index (χ2v) is 3.30. The molecule has 0 fully saturated rings. The van der Waals surface area contributed by atoms with Crippen molar-refractivity contribution in [1.29, 1.82) is 0 Å². The fraction of sp³-hybridized carbons (Fsp3) is 0.273. The molecule has 0 atom stereocenters. The van der Waals surface area contributed by atoms with E-state index in [0.29, 0.717) is 0 Å². The zero-order chi connectivity index (χ0) is 8.72. The summed E-state index contributed by atoms with van der Waals surface area (Å²) in [5.74, 6) is -0.0940. The predicted molar refractivity (Wildman–Crippen MR) is 48.5 cm³/mol. The highest BCUT2D eigenvalue weighted by molar-refractivity contribution is 5.71. The molecule has 0 aromatic heterocycles. The van der Waals surface area contributed by atoms with Crippen LogP contribution in [-0.4, -0.2) is 0 Å². The van der Waals surface area contributed by atoms with Crippen molar-refractivity contribution in [3.05, 3.63) is 41.2 Å². The molecule has 1 aliphatic carbocycles. The van der Waals surface area contributed by atoms with Crippen LogP contribution >= 0.6 is 0 Å². The van der Waals surface area contributed by atoms with Crippen LogP contribution in [0, 0.1) is 12.7 Å². The van der Waals surface area contributed by atoms with Crippen LogP contribution in [-0.2, 0) is 6.42 Å². The summed E-state index contributed by atoms with van der Waals surface area (Å²) in [7, 11) is 0. The summed E-state index contributed by atoms with van der Waals surface area (Å²) in [6.07, 6.45) is 1.94. The average Bonchev–Trinajstić information content (AvgIpc) is 2.41. The molecule has 1 heteroatoms. The number of hydrogen-bond donors (Lipinski definition) is 0. The summed E-state index contributed by atoms with van der Waals surface area (Å²) in [5, 5.41) is 0. The highest BCUT2D eigenvalue weighted by atomic mass is 19.1. The minimum absolute atomic E-state index is 0.0940. The third-order valence-corrected chi connectivity index (χ3v) is 2.59. The van der Waals surface area contributed by atoms with E-state index < -0.39 is 0 Å². The lowest BCUT2D eigenvalue weighted by Crippen LogP contribution is -1.90. The summed E-state index contributed by atoms with van der Waals surface area (Å²) in [6, 6.07) is 3.37. The smallest absolute Gasteiger partial charge is 0.126 e. The third kappa shape index (κ3) is 0.893. The van der Waals surface area contributed by atoms with E-state index in [9.17, 15) is 4.39 Å². The Morgan fingerprint density at radius 2 is 2.08 bits per heavy atom. The molecule has 0 radical (unpaired) electrons. The lowest BCUT2D eigenvalue weighted by atomic mass is 10.0. The van der Waals surface area contributed by atoms with Gasteiger partial charge in [0.1, 0.15) is 5.82 Å². The van der Waals surface area contributed by atoms with Crippen LogP contribution in [0.25, 0.3) is 5.57 Å². The van der Waals surface area contributed by atoms with E-state index in [1.807, 2.05) is 13.0 Å². The van der Waals surface area contributed by atoms with Gasteiger partial charge in [-0.05, 0) is 48.1 Å². The number of fused-ring (bicyclic) bond motifs is 1. The van der Waals surface area contributed by atoms with Gasteiger partial charge in [-0.3, -0.25) is 0 Å². The molecule has 0 unspecified atom stereocenters. The van der Waals surface area contributed by atoms with Gasteiger partial charge >= 0.3 is 0 Å². The maximum absolute atomic E-state index is 13.1. The highest BCUT2D eigenvalue weighted by Gasteiger charge is 2.17. The molecule has 0 N–H and O–H groups in total. The number of allylic oxidation sites excluding steroid dienone is 1. The van der Waals surface area contributed by atoms with Gasteiger partial charge in [0.15, 0.2) is 0 Å². The first-order chi connectivity index (χ1) is 5.70. The number of rotatable bonds is 0. The number of halogens is 1. The van der Waals surface area contributed by atoms with Gasteiger partial charge < -0.3 is 0 Å². The Morgan fingerprint density at radius 3 is 2.83 bits per heavy atom. The summed E-state index contributed by atoms with van der Waals surface area (Å²) < 4.78 is 13.1. The van der Waals surface area contributed by atoms with Gasteiger partial charge in [-0.1, -0.05) is 12.6 Å². The van der Waals surface area contributed by atoms with Crippen molar-refractivity contribution in [2.45, 2.75) is 19.8 Å². The van der Waals surface area contributed by atoms with Gasteiger partial charge in [-0.2, -0.15) is 0 Å². The van der Waals surface area contributed by atoms with E-state index >= 15 is 0 Å². The standard InChI is InChI=1S/C11H11F/c1-7-3-4-10-8(2)11(12)6-5-9(7)10/h5-6H,1,3-4H2,2H3. The van der Waals surface area contributed by atoms with Gasteiger partial charge in [-0.15, -0.1) is 0 Å². The largest absolute Gasteiger partial charge is 0.207 e. The van der Waals surface area contributed by atoms with Gasteiger partial charge in [-0.25, -0.2) is 4.39 Å². The van der Waals surface area contributed by atoms with Crippen molar-refractivity contribution in [3.8, 4) is 0 Å². The molecule has 0 heterocycles. The molecule has 0 amide bonds. The minimum Gasteiger partial charge on any atom is -0.207 e. The van der Waals surface area contributed by atoms with Gasteiger partial charge in [0, 0.05) is 0 Å². The topological polar surface area (TPSA) is 0 Å². The normalized spacial score (nSPS) is 15.0. The summed E-state index contributed by atoms with van der Waals surface area (Å²) in [6.45, 7) is 5.78. The Morgan fingerprint density at radius 1 is 1.33 bits per heavy atom. The lowest BCUT2D eigenvalue weighted by molar-refractivity contribution is 0.616. The molecule has 12 heavy (non-hydrogen) atoms. The van der Waals surface area contributed by atoms with Gasteiger partial charge in [0.05, 0.1) is 0 Å². The first-order valence-electron chi connectivity index (χ1n) is 4.16. The number of benzene rings is 1. The van der Waals surface area contributed by atoms with Crippen LogP contribution in [0.15, 0.2) is 18.7 Å². The molecule has 0 saturated heterocycles. The van der Waals surface area contributed by atoms with E-state index in [0.717, 1.165) is 35.1 Å². The average molecular weight is 162 g/mol. The van der Waals surface area contributed by atoms with Crippen LogP contribution in [0.2, 0.25) is 0 Å². The van der Waals surface area contributed by atoms with E-state index in [4.69, 9.17) is 0 Å². The highest BCUT2D eigenvalue weighted by Crippen LogP contribution is 2.33. The first-order valence-corrected chi connectivity index (χ1v) is 4.16. The molecule has 0 nitrogen and oxygen atoms in total. The second-order valence-electron chi connectivity index (χ2n) is 3.30. The molecule has 0 saturated carbocycles. The van der Waals surface area contributed by atoms with Crippen molar-refractivity contribution in [2.24, 2.45) is 0 Å². The van der Waals surface area contributed by atoms with Gasteiger partial charge in [0.25, 0.3) is 0 Å². The Kier molecular flexibility index (Phi) is 1.53. The maximum Gasteiger partial charge on any atom is 0.126 e. The monoisotopic (exact) mass is 162 g/mol. The Labute approximate surface area is 71.7 Å². The maximum atomic E-state index is 13.1. The van der Waals surface area contributed by atoms with Crippen LogP contribution in [0.3, 0.4) is 0 Å². The Balaban J connectivity index is 2.68. The molecule has 0 aliphatic heterocycles. The van der Waals surface area contributed by atoms with Crippen LogP contribution in [0.4, 0.5) is 4.39 Å². The van der Waals surface area contributed by atoms with Crippen LogP contribution < -0.4 is 0 Å². The summed E-state index contributed by atoms with van der Waals surface area (Å²) >= 11 is 0. The van der Waals surface area contributed by atoms with Crippen LogP contribution in [0.1, 0.15) is 23.1 Å². The molecule has 62 valence electrons. The summed E-state index contributed by atoms with van der Waals surface area (Å²) in [4.78, 5) is 0. The minimum atomic E-state index is -0.0940. The molecule has 1 aliphatic rings. The van der Waals surface area contributed by atoms with E-state index in [1.54, 1.807) is 0 Å².